The molecular weight excluding hydrogens is 256 g/mol. The summed E-state index contributed by atoms with van der Waals surface area (Å²) in [5, 5.41) is 8.56. The molecule has 3 N–H and O–H groups in total. The molecule has 17 heavy (non-hydrogen) atoms. The summed E-state index contributed by atoms with van der Waals surface area (Å²) >= 11 is 0. The van der Waals surface area contributed by atoms with Gasteiger partial charge in [-0.05, 0) is 6.92 Å². The van der Waals surface area contributed by atoms with Gasteiger partial charge < -0.3 is 14.6 Å². The topological polar surface area (TPSA) is 131 Å². The third-order valence-electron chi connectivity index (χ3n) is 1.51. The second kappa shape index (κ2) is 7.04. The normalized spacial score (nSPS) is 12.8. The van der Waals surface area contributed by atoms with Crippen LogP contribution in [0.3, 0.4) is 0 Å². The Morgan fingerprint density at radius 3 is 2.41 bits per heavy atom. The van der Waals surface area contributed by atoms with E-state index in [1.807, 2.05) is 4.72 Å². The summed E-state index contributed by atoms with van der Waals surface area (Å²) in [6.45, 7) is 1.00. The van der Waals surface area contributed by atoms with E-state index in [1.54, 1.807) is 0 Å². The summed E-state index contributed by atoms with van der Waals surface area (Å²) in [7, 11) is -3.04. The van der Waals surface area contributed by atoms with E-state index in [1.165, 1.54) is 11.6 Å². The number of methoxy groups -OCH3 is 1. The van der Waals surface area contributed by atoms with Crippen LogP contribution in [-0.2, 0) is 24.5 Å². The first-order valence-electron chi connectivity index (χ1n) is 4.52. The zero-order valence-electron chi connectivity index (χ0n) is 9.30. The molecule has 10 heteroatoms. The highest BCUT2D eigenvalue weighted by atomic mass is 32.2. The van der Waals surface area contributed by atoms with E-state index in [9.17, 15) is 18.0 Å². The van der Waals surface area contributed by atoms with E-state index < -0.39 is 34.9 Å². The predicted octanol–water partition coefficient (Wildman–Crippen LogP) is -1.33. The van der Waals surface area contributed by atoms with Crippen molar-refractivity contribution in [2.75, 3.05) is 20.3 Å². The highest BCUT2D eigenvalue weighted by molar-refractivity contribution is 7.88. The van der Waals surface area contributed by atoms with E-state index in [0.29, 0.717) is 0 Å². The Morgan fingerprint density at radius 1 is 1.41 bits per heavy atom. The molecule has 0 aromatic rings. The number of carboxylic acids is 1. The Hall–Kier alpha value is -1.39. The lowest BCUT2D eigenvalue weighted by molar-refractivity contribution is -0.147. The van der Waals surface area contributed by atoms with Gasteiger partial charge >= 0.3 is 22.3 Å². The molecule has 0 spiro atoms. The minimum atomic E-state index is -4.16. The molecule has 0 aliphatic carbocycles. The number of carboxylic acid groups (broad SMARTS) is 1. The Balaban J connectivity index is 4.27. The van der Waals surface area contributed by atoms with Crippen molar-refractivity contribution in [3.63, 3.8) is 0 Å². The molecule has 0 aliphatic rings. The highest BCUT2D eigenvalue weighted by Crippen LogP contribution is 1.90. The number of ether oxygens (including phenoxy) is 2. The lowest BCUT2D eigenvalue weighted by Gasteiger charge is -2.12. The fraction of sp³-hybridized carbons (Fsp3) is 0.714. The maximum Gasteiger partial charge on any atom is 0.421 e. The second-order valence-corrected chi connectivity index (χ2v) is 4.24. The molecule has 0 aliphatic heterocycles. The predicted molar refractivity (Wildman–Crippen MR) is 55.5 cm³/mol. The van der Waals surface area contributed by atoms with Gasteiger partial charge in [-0.2, -0.15) is 13.1 Å². The fourth-order valence-electron chi connectivity index (χ4n) is 0.763. The van der Waals surface area contributed by atoms with Gasteiger partial charge in [0.15, 0.2) is 6.10 Å². The van der Waals surface area contributed by atoms with Gasteiger partial charge in [-0.15, -0.1) is 0 Å². The summed E-state index contributed by atoms with van der Waals surface area (Å²) in [6, 6.07) is 0. The number of carbonyl (C=O) groups excluding carboxylic acids is 1. The SMILES string of the molecule is CCOC(=O)NS(=O)(=O)NCC(OC)C(=O)O. The number of amides is 1. The third kappa shape index (κ3) is 6.71. The van der Waals surface area contributed by atoms with Gasteiger partial charge in [-0.1, -0.05) is 0 Å². The highest BCUT2D eigenvalue weighted by Gasteiger charge is 2.21. The Labute approximate surface area is 98.3 Å². The Morgan fingerprint density at radius 2 is 2.00 bits per heavy atom. The van der Waals surface area contributed by atoms with E-state index in [2.05, 4.69) is 9.47 Å². The molecule has 0 saturated heterocycles. The van der Waals surface area contributed by atoms with Crippen molar-refractivity contribution in [3.05, 3.63) is 0 Å². The van der Waals surface area contributed by atoms with Crippen LogP contribution in [-0.4, -0.2) is 52.0 Å². The van der Waals surface area contributed by atoms with Crippen LogP contribution in [0.2, 0.25) is 0 Å². The molecule has 1 unspecified atom stereocenters. The first kappa shape index (κ1) is 15.6. The quantitative estimate of drug-likeness (QED) is 0.522. The van der Waals surface area contributed by atoms with Gasteiger partial charge in [-0.3, -0.25) is 0 Å². The smallest absolute Gasteiger partial charge is 0.421 e. The monoisotopic (exact) mass is 270 g/mol. The van der Waals surface area contributed by atoms with Crippen molar-refractivity contribution in [1.29, 1.82) is 0 Å². The van der Waals surface area contributed by atoms with Crippen LogP contribution >= 0.6 is 0 Å². The Kier molecular flexibility index (Phi) is 6.46. The van der Waals surface area contributed by atoms with Gasteiger partial charge in [0.05, 0.1) is 6.61 Å². The van der Waals surface area contributed by atoms with Crippen molar-refractivity contribution in [1.82, 2.24) is 9.44 Å². The molecule has 0 fully saturated rings. The van der Waals surface area contributed by atoms with Crippen LogP contribution in [0.4, 0.5) is 4.79 Å². The minimum absolute atomic E-state index is 0.0111. The largest absolute Gasteiger partial charge is 0.479 e. The van der Waals surface area contributed by atoms with Crippen molar-refractivity contribution in [2.45, 2.75) is 13.0 Å². The van der Waals surface area contributed by atoms with Crippen LogP contribution in [0, 0.1) is 0 Å². The van der Waals surface area contributed by atoms with Crippen molar-refractivity contribution in [3.8, 4) is 0 Å². The number of rotatable bonds is 7. The molecule has 0 radical (unpaired) electrons. The van der Waals surface area contributed by atoms with Gasteiger partial charge in [0.2, 0.25) is 0 Å². The van der Waals surface area contributed by atoms with Gasteiger partial charge in [0.25, 0.3) is 0 Å². The first-order chi connectivity index (χ1) is 7.82. The molecule has 1 atom stereocenters. The molecule has 0 heterocycles. The van der Waals surface area contributed by atoms with Gasteiger partial charge in [0.1, 0.15) is 0 Å². The van der Waals surface area contributed by atoms with Crippen LogP contribution in [0.1, 0.15) is 6.92 Å². The second-order valence-electron chi connectivity index (χ2n) is 2.74. The fourth-order valence-corrected chi connectivity index (χ4v) is 1.48. The summed E-state index contributed by atoms with van der Waals surface area (Å²) in [4.78, 5) is 21.3. The Bertz CT molecular complexity index is 366. The molecule has 100 valence electrons. The maximum absolute atomic E-state index is 11.2. The van der Waals surface area contributed by atoms with Crippen molar-refractivity contribution in [2.24, 2.45) is 0 Å². The van der Waals surface area contributed by atoms with Gasteiger partial charge in [0, 0.05) is 13.7 Å². The lowest BCUT2D eigenvalue weighted by Crippen LogP contribution is -2.45. The minimum Gasteiger partial charge on any atom is -0.479 e. The zero-order chi connectivity index (χ0) is 13.5. The summed E-state index contributed by atoms with van der Waals surface area (Å²) in [5.41, 5.74) is 0. The van der Waals surface area contributed by atoms with Crippen LogP contribution in [0.15, 0.2) is 0 Å². The number of hydrogen-bond acceptors (Lipinski definition) is 6. The molecule has 0 rings (SSSR count). The number of hydrogen-bond donors (Lipinski definition) is 3. The van der Waals surface area contributed by atoms with Crippen molar-refractivity contribution < 1.29 is 32.6 Å². The van der Waals surface area contributed by atoms with E-state index in [4.69, 9.17) is 5.11 Å². The first-order valence-corrected chi connectivity index (χ1v) is 6.00. The molecule has 9 nitrogen and oxygen atoms in total. The number of nitrogens with one attached hydrogen (secondary N) is 2. The number of aliphatic carboxylic acids is 1. The number of carbonyl (C=O) groups is 2. The average molecular weight is 270 g/mol. The van der Waals surface area contributed by atoms with E-state index >= 15 is 0 Å². The summed E-state index contributed by atoms with van der Waals surface area (Å²) in [5.74, 6) is -1.33. The summed E-state index contributed by atoms with van der Waals surface area (Å²) in [6.07, 6.45) is -2.49. The molecule has 1 amide bonds. The lowest BCUT2D eigenvalue weighted by atomic mass is 10.4. The standard InChI is InChI=1S/C7H14N2O7S/c1-3-16-7(12)9-17(13,14)8-4-5(15-2)6(10)11/h5,8H,3-4H2,1-2H3,(H,9,12)(H,10,11). The van der Waals surface area contributed by atoms with Crippen LogP contribution < -0.4 is 9.44 Å². The van der Waals surface area contributed by atoms with E-state index in [-0.39, 0.29) is 6.61 Å². The zero-order valence-corrected chi connectivity index (χ0v) is 10.1. The molecule has 0 bridgehead atoms. The molecule has 0 aromatic carbocycles. The molecule has 0 saturated carbocycles. The van der Waals surface area contributed by atoms with Crippen molar-refractivity contribution >= 4 is 22.3 Å². The van der Waals surface area contributed by atoms with Gasteiger partial charge in [-0.25, -0.2) is 14.3 Å². The molecule has 0 aromatic heterocycles. The average Bonchev–Trinajstić information content (AvgIpc) is 2.17. The van der Waals surface area contributed by atoms with Crippen LogP contribution in [0.5, 0.6) is 0 Å². The third-order valence-corrected chi connectivity index (χ3v) is 2.49. The van der Waals surface area contributed by atoms with Crippen LogP contribution in [0.25, 0.3) is 0 Å². The van der Waals surface area contributed by atoms with E-state index in [0.717, 1.165) is 7.11 Å². The molecular formula is C7H14N2O7S. The summed E-state index contributed by atoms with van der Waals surface area (Å²) < 4.78 is 34.6. The maximum atomic E-state index is 11.2.